The van der Waals surface area contributed by atoms with Gasteiger partial charge in [-0.2, -0.15) is 0 Å². The van der Waals surface area contributed by atoms with E-state index in [1.807, 2.05) is 6.08 Å². The van der Waals surface area contributed by atoms with E-state index in [0.717, 1.165) is 83.5 Å². The summed E-state index contributed by atoms with van der Waals surface area (Å²) >= 11 is 0. The third-order valence-corrected chi connectivity index (χ3v) is 16.6. The molecule has 0 aromatic heterocycles. The molecule has 1 aliphatic heterocycles. The zero-order valence-electron chi connectivity index (χ0n) is 55.0. The van der Waals surface area contributed by atoms with E-state index in [1.54, 1.807) is 6.08 Å². The van der Waals surface area contributed by atoms with Crippen molar-refractivity contribution in [3.05, 3.63) is 72.9 Å². The number of unbranched alkanes of at least 4 members (excludes halogenated alkanes) is 37. The fourth-order valence-electron chi connectivity index (χ4n) is 11.0. The van der Waals surface area contributed by atoms with Crippen LogP contribution in [0.5, 0.6) is 0 Å². The molecule has 8 unspecified atom stereocenters. The van der Waals surface area contributed by atoms with E-state index in [4.69, 9.17) is 14.2 Å². The third-order valence-electron chi connectivity index (χ3n) is 16.6. The van der Waals surface area contributed by atoms with Crippen LogP contribution in [0.15, 0.2) is 72.9 Å². The van der Waals surface area contributed by atoms with Crippen molar-refractivity contribution in [1.82, 2.24) is 5.32 Å². The summed E-state index contributed by atoms with van der Waals surface area (Å²) in [6.45, 7) is 5.70. The number of aliphatic hydroxyl groups is 5. The number of esters is 1. The highest BCUT2D eigenvalue weighted by Gasteiger charge is 2.47. The van der Waals surface area contributed by atoms with Gasteiger partial charge in [-0.25, -0.2) is 0 Å². The maximum Gasteiger partial charge on any atom is 0.306 e. The van der Waals surface area contributed by atoms with Crippen LogP contribution in [-0.2, 0) is 23.8 Å². The molecule has 6 N–H and O–H groups in total. The Kier molecular flexibility index (Phi) is 57.8. The molecule has 1 heterocycles. The molecule has 0 saturated carbocycles. The highest BCUT2D eigenvalue weighted by atomic mass is 16.7. The Morgan fingerprint density at radius 3 is 1.27 bits per heavy atom. The summed E-state index contributed by atoms with van der Waals surface area (Å²) in [6, 6.07) is -1.04. The lowest BCUT2D eigenvalue weighted by Crippen LogP contribution is -2.61. The minimum Gasteiger partial charge on any atom is -0.454 e. The number of nitrogens with one attached hydrogen (secondary N) is 1. The summed E-state index contributed by atoms with van der Waals surface area (Å²) in [6.07, 6.45) is 69.5. The molecule has 1 aliphatic rings. The molecule has 0 aliphatic carbocycles. The molecule has 0 aromatic carbocycles. The number of carbonyl (C=O) groups excluding carboxylic acids is 2. The number of amides is 1. The van der Waals surface area contributed by atoms with Crippen LogP contribution in [-0.4, -0.2) is 99.6 Å². The van der Waals surface area contributed by atoms with Gasteiger partial charge >= 0.3 is 5.97 Å². The van der Waals surface area contributed by atoms with E-state index in [1.165, 1.54) is 193 Å². The van der Waals surface area contributed by atoms with Gasteiger partial charge in [0.1, 0.15) is 24.4 Å². The molecular weight excluding hydrogens is 1060 g/mol. The standard InChI is InChI=1S/C74H133NO10/c1-4-7-10-13-16-19-22-25-27-29-31-32-33-34-35-36-37-39-41-44-47-50-53-56-59-62-69(79)85-72-71(81)70(80)68(63-76)84-74(72)83-64-65(66(77)60-57-54-51-48-45-42-24-21-18-15-12-9-6-3)75-73(82)67(78)61-58-55-52-49-46-43-40-38-30-28-26-23-20-17-14-11-8-5-2/h8,11,17,20,26,28,38,40,46,49,57,60,65-68,70-72,74,76-78,80-81H,4-7,9-10,12-16,18-19,21-25,27,29-37,39,41-45,47-48,50-56,58-59,61-64H2,1-3H3,(H,75,82)/b11-8-,20-17-,28-26-,40-38-,49-46-,60-57+. The number of hydrogen-bond donors (Lipinski definition) is 6. The second kappa shape index (κ2) is 61.3. The Bertz CT molecular complexity index is 1660. The summed E-state index contributed by atoms with van der Waals surface area (Å²) in [5.41, 5.74) is 0. The van der Waals surface area contributed by atoms with Gasteiger partial charge in [-0.05, 0) is 70.6 Å². The molecule has 1 rings (SSSR count). The number of rotatable bonds is 61. The van der Waals surface area contributed by atoms with Crippen molar-refractivity contribution in [2.75, 3.05) is 13.2 Å². The van der Waals surface area contributed by atoms with Crippen LogP contribution in [0.4, 0.5) is 0 Å². The van der Waals surface area contributed by atoms with E-state index < -0.39 is 67.4 Å². The zero-order valence-corrected chi connectivity index (χ0v) is 55.0. The maximum absolute atomic E-state index is 13.5. The predicted octanol–water partition coefficient (Wildman–Crippen LogP) is 18.3. The molecule has 85 heavy (non-hydrogen) atoms. The molecule has 0 spiro atoms. The largest absolute Gasteiger partial charge is 0.454 e. The molecule has 0 aromatic rings. The molecule has 0 bridgehead atoms. The molecule has 11 heteroatoms. The van der Waals surface area contributed by atoms with Crippen molar-refractivity contribution in [3.63, 3.8) is 0 Å². The third kappa shape index (κ3) is 48.7. The molecule has 1 fully saturated rings. The predicted molar refractivity (Wildman–Crippen MR) is 356 cm³/mol. The smallest absolute Gasteiger partial charge is 0.306 e. The highest BCUT2D eigenvalue weighted by Crippen LogP contribution is 2.26. The van der Waals surface area contributed by atoms with Crippen molar-refractivity contribution < 1.29 is 49.3 Å². The highest BCUT2D eigenvalue weighted by molar-refractivity contribution is 5.80. The Balaban J connectivity index is 2.59. The van der Waals surface area contributed by atoms with Crippen LogP contribution < -0.4 is 5.32 Å². The topological polar surface area (TPSA) is 175 Å². The summed E-state index contributed by atoms with van der Waals surface area (Å²) < 4.78 is 17.7. The molecule has 11 nitrogen and oxygen atoms in total. The summed E-state index contributed by atoms with van der Waals surface area (Å²) in [7, 11) is 0. The molecule has 0 radical (unpaired) electrons. The van der Waals surface area contributed by atoms with E-state index in [9.17, 15) is 35.1 Å². The first-order valence-electron chi connectivity index (χ1n) is 35.7. The van der Waals surface area contributed by atoms with Gasteiger partial charge in [0.2, 0.25) is 5.91 Å². The van der Waals surface area contributed by atoms with Crippen molar-refractivity contribution in [2.45, 2.75) is 372 Å². The number of carbonyl (C=O) groups is 2. The lowest BCUT2D eigenvalue weighted by Gasteiger charge is -2.41. The number of aliphatic hydroxyl groups excluding tert-OH is 5. The number of hydrogen-bond acceptors (Lipinski definition) is 10. The van der Waals surface area contributed by atoms with E-state index >= 15 is 0 Å². The van der Waals surface area contributed by atoms with Crippen molar-refractivity contribution in [1.29, 1.82) is 0 Å². The molecule has 1 amide bonds. The lowest BCUT2D eigenvalue weighted by atomic mass is 9.99. The summed E-state index contributed by atoms with van der Waals surface area (Å²) in [5, 5.41) is 57.2. The fourth-order valence-corrected chi connectivity index (χ4v) is 11.0. The summed E-state index contributed by atoms with van der Waals surface area (Å²) in [4.78, 5) is 26.7. The molecular formula is C74H133NO10. The van der Waals surface area contributed by atoms with Crippen LogP contribution in [0.3, 0.4) is 0 Å². The van der Waals surface area contributed by atoms with Crippen LogP contribution in [0.1, 0.15) is 323 Å². The SMILES string of the molecule is CC/C=C\C/C=C\C/C=C\C/C=C\C/C=C\CCCCC(O)C(=O)NC(COC1OC(CO)C(O)C(O)C1OC(=O)CCCCCCCCCCCCCCCCCCCCCCCCCCC)C(O)/C=C/CCCCCCCCCCCCC. The minimum atomic E-state index is -1.62. The quantitative estimate of drug-likeness (QED) is 0.0195. The second-order valence-corrected chi connectivity index (χ2v) is 24.6. The van der Waals surface area contributed by atoms with Crippen molar-refractivity contribution in [3.8, 4) is 0 Å². The number of allylic oxidation sites excluding steroid dienone is 11. The van der Waals surface area contributed by atoms with Gasteiger partial charge in [-0.1, -0.05) is 318 Å². The van der Waals surface area contributed by atoms with Crippen molar-refractivity contribution >= 4 is 11.9 Å². The first-order valence-corrected chi connectivity index (χ1v) is 35.7. The average molecular weight is 1200 g/mol. The van der Waals surface area contributed by atoms with Gasteiger partial charge in [0.15, 0.2) is 12.4 Å². The van der Waals surface area contributed by atoms with E-state index in [0.29, 0.717) is 12.8 Å². The second-order valence-electron chi connectivity index (χ2n) is 24.6. The fraction of sp³-hybridized carbons (Fsp3) is 0.811. The van der Waals surface area contributed by atoms with Crippen LogP contribution >= 0.6 is 0 Å². The zero-order chi connectivity index (χ0) is 61.7. The maximum atomic E-state index is 13.5. The summed E-state index contributed by atoms with van der Waals surface area (Å²) in [5.74, 6) is -1.22. The van der Waals surface area contributed by atoms with Gasteiger partial charge in [-0.3, -0.25) is 9.59 Å². The van der Waals surface area contributed by atoms with E-state index in [2.05, 4.69) is 86.8 Å². The van der Waals surface area contributed by atoms with Crippen LogP contribution in [0.2, 0.25) is 0 Å². The first-order chi connectivity index (χ1) is 41.7. The van der Waals surface area contributed by atoms with Gasteiger partial charge in [0.25, 0.3) is 0 Å². The van der Waals surface area contributed by atoms with Crippen molar-refractivity contribution in [2.24, 2.45) is 0 Å². The first kappa shape index (κ1) is 80.1. The molecule has 1 saturated heterocycles. The van der Waals surface area contributed by atoms with Gasteiger partial charge in [-0.15, -0.1) is 0 Å². The number of ether oxygens (including phenoxy) is 3. The Labute approximate surface area is 521 Å². The van der Waals surface area contributed by atoms with E-state index in [-0.39, 0.29) is 19.4 Å². The monoisotopic (exact) mass is 1200 g/mol. The Hall–Kier alpha value is -2.90. The van der Waals surface area contributed by atoms with Gasteiger partial charge in [0.05, 0.1) is 25.4 Å². The molecule has 494 valence electrons. The normalized spacial score (nSPS) is 18.8. The van der Waals surface area contributed by atoms with Gasteiger partial charge in [0, 0.05) is 6.42 Å². The molecule has 8 atom stereocenters. The average Bonchev–Trinajstić information content (AvgIpc) is 3.21. The van der Waals surface area contributed by atoms with Crippen LogP contribution in [0.25, 0.3) is 0 Å². The van der Waals surface area contributed by atoms with Gasteiger partial charge < -0.3 is 45.1 Å². The lowest BCUT2D eigenvalue weighted by molar-refractivity contribution is -0.305. The Morgan fingerprint density at radius 1 is 0.471 bits per heavy atom. The van der Waals surface area contributed by atoms with Crippen LogP contribution in [0, 0.1) is 0 Å². The minimum absolute atomic E-state index is 0.121. The Morgan fingerprint density at radius 2 is 0.847 bits per heavy atom.